The van der Waals surface area contributed by atoms with E-state index in [0.717, 1.165) is 25.7 Å². The number of carbonyl (C=O) groups excluding carboxylic acids is 1. The van der Waals surface area contributed by atoms with E-state index in [-0.39, 0.29) is 25.3 Å². The molecule has 2 rings (SSSR count). The molecule has 120 valence electrons. The molecule has 0 radical (unpaired) electrons. The van der Waals surface area contributed by atoms with E-state index in [0.29, 0.717) is 0 Å². The highest BCUT2D eigenvalue weighted by Gasteiger charge is 2.47. The van der Waals surface area contributed by atoms with Crippen molar-refractivity contribution < 1.29 is 19.4 Å². The zero-order valence-electron chi connectivity index (χ0n) is 12.7. The van der Waals surface area contributed by atoms with Crippen LogP contribution in [-0.4, -0.2) is 42.4 Å². The van der Waals surface area contributed by atoms with E-state index in [9.17, 15) is 14.7 Å². The molecule has 2 atom stereocenters. The van der Waals surface area contributed by atoms with E-state index in [1.54, 1.807) is 6.92 Å². The van der Waals surface area contributed by atoms with Gasteiger partial charge in [-0.25, -0.2) is 4.79 Å². The van der Waals surface area contributed by atoms with Crippen LogP contribution in [0.25, 0.3) is 0 Å². The van der Waals surface area contributed by atoms with Gasteiger partial charge in [0.2, 0.25) is 0 Å². The van der Waals surface area contributed by atoms with Gasteiger partial charge in [0.05, 0.1) is 19.3 Å². The maximum Gasteiger partial charge on any atom is 0.315 e. The number of hydrogen-bond donors (Lipinski definition) is 3. The summed E-state index contributed by atoms with van der Waals surface area (Å²) in [6.07, 6.45) is 8.04. The summed E-state index contributed by atoms with van der Waals surface area (Å²) in [6, 6.07) is -0.559. The van der Waals surface area contributed by atoms with Crippen LogP contribution in [0, 0.1) is 5.41 Å². The van der Waals surface area contributed by atoms with Gasteiger partial charge in [-0.15, -0.1) is 0 Å². The Morgan fingerprint density at radius 1 is 1.10 bits per heavy atom. The van der Waals surface area contributed by atoms with Gasteiger partial charge in [0.15, 0.2) is 0 Å². The number of carbonyl (C=O) groups is 2. The minimum absolute atomic E-state index is 0.136. The number of aliphatic carboxylic acids is 1. The average Bonchev–Trinajstić information content (AvgIpc) is 2.75. The highest BCUT2D eigenvalue weighted by atomic mass is 16.5. The molecule has 0 aromatic carbocycles. The van der Waals surface area contributed by atoms with Crippen molar-refractivity contribution in [1.29, 1.82) is 0 Å². The van der Waals surface area contributed by atoms with Gasteiger partial charge in [-0.05, 0) is 19.8 Å². The number of carboxylic acid groups (broad SMARTS) is 1. The van der Waals surface area contributed by atoms with E-state index < -0.39 is 17.4 Å². The minimum atomic E-state index is -1.04. The smallest absolute Gasteiger partial charge is 0.315 e. The summed E-state index contributed by atoms with van der Waals surface area (Å²) in [6.45, 7) is 2.00. The predicted octanol–water partition coefficient (Wildman–Crippen LogP) is 1.89. The summed E-state index contributed by atoms with van der Waals surface area (Å²) in [4.78, 5) is 23.4. The quantitative estimate of drug-likeness (QED) is 0.742. The number of carboxylic acids is 1. The fourth-order valence-electron chi connectivity index (χ4n) is 3.07. The Bertz CT molecular complexity index is 380. The Hall–Kier alpha value is -1.30. The van der Waals surface area contributed by atoms with Crippen LogP contribution < -0.4 is 10.6 Å². The Morgan fingerprint density at radius 3 is 2.33 bits per heavy atom. The molecule has 2 unspecified atom stereocenters. The summed E-state index contributed by atoms with van der Waals surface area (Å²) in [7, 11) is 0. The van der Waals surface area contributed by atoms with Crippen molar-refractivity contribution in [3.8, 4) is 0 Å². The molecule has 1 aliphatic heterocycles. The number of urea groups is 1. The van der Waals surface area contributed by atoms with E-state index in [2.05, 4.69) is 10.6 Å². The first-order valence-corrected chi connectivity index (χ1v) is 7.90. The van der Waals surface area contributed by atoms with Crippen LogP contribution in [0.15, 0.2) is 0 Å². The molecule has 21 heavy (non-hydrogen) atoms. The van der Waals surface area contributed by atoms with E-state index in [1.807, 2.05) is 0 Å². The number of amides is 2. The molecule has 2 aliphatic rings. The first kappa shape index (κ1) is 16.1. The third-order valence-corrected chi connectivity index (χ3v) is 4.69. The monoisotopic (exact) mass is 298 g/mol. The molecule has 6 heteroatoms. The Morgan fingerprint density at radius 2 is 1.71 bits per heavy atom. The lowest BCUT2D eigenvalue weighted by molar-refractivity contribution is -0.148. The SMILES string of the molecule is CC1(C(=O)O)COCC1NC(=O)NC1CCCCCCC1. The molecule has 2 fully saturated rings. The van der Waals surface area contributed by atoms with Crippen molar-refractivity contribution >= 4 is 12.0 Å². The van der Waals surface area contributed by atoms with Crippen LogP contribution in [-0.2, 0) is 9.53 Å². The fraction of sp³-hybridized carbons (Fsp3) is 0.867. The van der Waals surface area contributed by atoms with Crippen LogP contribution in [0.3, 0.4) is 0 Å². The van der Waals surface area contributed by atoms with Crippen molar-refractivity contribution in [3.63, 3.8) is 0 Å². The molecule has 1 saturated heterocycles. The lowest BCUT2D eigenvalue weighted by Crippen LogP contribution is -2.54. The molecule has 6 nitrogen and oxygen atoms in total. The normalized spacial score (nSPS) is 31.2. The van der Waals surface area contributed by atoms with Crippen molar-refractivity contribution in [2.45, 2.75) is 64.0 Å². The van der Waals surface area contributed by atoms with Gasteiger partial charge in [-0.2, -0.15) is 0 Å². The zero-order chi connectivity index (χ0) is 15.3. The van der Waals surface area contributed by atoms with Gasteiger partial charge in [-0.3, -0.25) is 4.79 Å². The second-order valence-electron chi connectivity index (χ2n) is 6.45. The van der Waals surface area contributed by atoms with Gasteiger partial charge < -0.3 is 20.5 Å². The largest absolute Gasteiger partial charge is 0.481 e. The summed E-state index contributed by atoms with van der Waals surface area (Å²) >= 11 is 0. The van der Waals surface area contributed by atoms with Crippen LogP contribution in [0.4, 0.5) is 4.79 Å². The van der Waals surface area contributed by atoms with E-state index in [4.69, 9.17) is 4.74 Å². The third-order valence-electron chi connectivity index (χ3n) is 4.69. The number of ether oxygens (including phenoxy) is 1. The van der Waals surface area contributed by atoms with Crippen molar-refractivity contribution in [3.05, 3.63) is 0 Å². The van der Waals surface area contributed by atoms with Crippen molar-refractivity contribution in [2.75, 3.05) is 13.2 Å². The molecule has 3 N–H and O–H groups in total. The van der Waals surface area contributed by atoms with Crippen molar-refractivity contribution in [1.82, 2.24) is 10.6 Å². The van der Waals surface area contributed by atoms with E-state index in [1.165, 1.54) is 19.3 Å². The zero-order valence-corrected chi connectivity index (χ0v) is 12.7. The van der Waals surface area contributed by atoms with Crippen molar-refractivity contribution in [2.24, 2.45) is 5.41 Å². The Kier molecular flexibility index (Phi) is 5.45. The highest BCUT2D eigenvalue weighted by molar-refractivity contribution is 5.79. The second-order valence-corrected chi connectivity index (χ2v) is 6.45. The molecular formula is C15H26N2O4. The second kappa shape index (κ2) is 7.11. The van der Waals surface area contributed by atoms with Crippen LogP contribution in [0.1, 0.15) is 51.9 Å². The molecule has 2 amide bonds. The van der Waals surface area contributed by atoms with Gasteiger partial charge in [0, 0.05) is 6.04 Å². The number of nitrogens with one attached hydrogen (secondary N) is 2. The number of rotatable bonds is 3. The summed E-state index contributed by atoms with van der Waals surface area (Å²) < 4.78 is 5.24. The van der Waals surface area contributed by atoms with Gasteiger partial charge in [-0.1, -0.05) is 32.1 Å². The third kappa shape index (κ3) is 4.09. The molecule has 1 aliphatic carbocycles. The predicted molar refractivity (Wildman–Crippen MR) is 78.1 cm³/mol. The van der Waals surface area contributed by atoms with Gasteiger partial charge >= 0.3 is 12.0 Å². The first-order valence-electron chi connectivity index (χ1n) is 7.90. The summed E-state index contributed by atoms with van der Waals surface area (Å²) in [5, 5.41) is 15.1. The van der Waals surface area contributed by atoms with Crippen LogP contribution >= 0.6 is 0 Å². The topological polar surface area (TPSA) is 87.7 Å². The maximum atomic E-state index is 12.1. The molecular weight excluding hydrogens is 272 g/mol. The standard InChI is InChI=1S/C15H26N2O4/c1-15(13(18)19)10-21-9-12(15)17-14(20)16-11-7-5-3-2-4-6-8-11/h11-12H,2-10H2,1H3,(H,18,19)(H2,16,17,20). The Balaban J connectivity index is 1.84. The van der Waals surface area contributed by atoms with Gasteiger partial charge in [0.25, 0.3) is 0 Å². The molecule has 0 spiro atoms. The highest BCUT2D eigenvalue weighted by Crippen LogP contribution is 2.28. The van der Waals surface area contributed by atoms with Crippen LogP contribution in [0.5, 0.6) is 0 Å². The maximum absolute atomic E-state index is 12.1. The Labute approximate surface area is 125 Å². The molecule has 0 aromatic rings. The summed E-state index contributed by atoms with van der Waals surface area (Å²) in [5.41, 5.74) is -1.04. The van der Waals surface area contributed by atoms with Gasteiger partial charge in [0.1, 0.15) is 5.41 Å². The number of hydrogen-bond acceptors (Lipinski definition) is 3. The average molecular weight is 298 g/mol. The minimum Gasteiger partial charge on any atom is -0.481 e. The molecule has 1 saturated carbocycles. The molecule has 0 aromatic heterocycles. The first-order chi connectivity index (χ1) is 10.0. The molecule has 0 bridgehead atoms. The summed E-state index contributed by atoms with van der Waals surface area (Å²) in [5.74, 6) is -0.934. The fourth-order valence-corrected chi connectivity index (χ4v) is 3.07. The lowest BCUT2D eigenvalue weighted by atomic mass is 9.85. The lowest BCUT2D eigenvalue weighted by Gasteiger charge is -2.27. The van der Waals surface area contributed by atoms with E-state index >= 15 is 0 Å². The molecule has 1 heterocycles. The van der Waals surface area contributed by atoms with Crippen LogP contribution in [0.2, 0.25) is 0 Å².